The van der Waals surface area contributed by atoms with E-state index in [1.165, 1.54) is 0 Å². The van der Waals surface area contributed by atoms with E-state index >= 15 is 0 Å². The number of pyridine rings is 1. The predicted octanol–water partition coefficient (Wildman–Crippen LogP) is 4.80. The number of nitrogens with one attached hydrogen (secondary N) is 2. The molecule has 1 fully saturated rings. The van der Waals surface area contributed by atoms with Crippen LogP contribution in [-0.2, 0) is 16.6 Å². The molecular weight excluding hydrogens is 466 g/mol. The van der Waals surface area contributed by atoms with Crippen molar-refractivity contribution < 1.29 is 17.9 Å². The largest absolute Gasteiger partial charge is 0.493 e. The molecule has 0 bridgehead atoms. The van der Waals surface area contributed by atoms with E-state index in [-0.39, 0.29) is 17.4 Å². The van der Waals surface area contributed by atoms with Crippen LogP contribution in [0.2, 0.25) is 0 Å². The first-order chi connectivity index (χ1) is 16.9. The molecule has 9 heteroatoms. The van der Waals surface area contributed by atoms with Gasteiger partial charge in [-0.25, -0.2) is 8.42 Å². The van der Waals surface area contributed by atoms with Crippen molar-refractivity contribution in [2.75, 3.05) is 22.5 Å². The molecule has 0 spiro atoms. The van der Waals surface area contributed by atoms with Crippen LogP contribution in [0.25, 0.3) is 0 Å². The fraction of sp³-hybridized carbons (Fsp3) is 0.346. The van der Waals surface area contributed by atoms with E-state index in [1.54, 1.807) is 44.5 Å². The number of rotatable bonds is 10. The standard InChI is InChI=1S/C26H31N3O5S/c1-3-35(31,32)28-20-10-12-21(13-11-20)29(18-19-7-6-16-27-26(19)30)22-14-15-24(33-2)25(17-22)34-23-8-4-5-9-23/h6-7,10-17,23,28H,3-5,8-9,18H2,1-2H3,(H,27,30). The highest BCUT2D eigenvalue weighted by Gasteiger charge is 2.21. The highest BCUT2D eigenvalue weighted by molar-refractivity contribution is 7.92. The molecule has 2 N–H and O–H groups in total. The number of anilines is 3. The lowest BCUT2D eigenvalue weighted by atomic mass is 10.1. The molecule has 0 saturated heterocycles. The van der Waals surface area contributed by atoms with E-state index in [0.717, 1.165) is 37.1 Å². The van der Waals surface area contributed by atoms with Gasteiger partial charge in [-0.1, -0.05) is 6.07 Å². The Morgan fingerprint density at radius 1 is 1.03 bits per heavy atom. The summed E-state index contributed by atoms with van der Waals surface area (Å²) in [5, 5.41) is 0. The average Bonchev–Trinajstić information content (AvgIpc) is 3.37. The fourth-order valence-electron chi connectivity index (χ4n) is 4.16. The lowest BCUT2D eigenvalue weighted by Crippen LogP contribution is -2.23. The van der Waals surface area contributed by atoms with Gasteiger partial charge in [0.2, 0.25) is 10.0 Å². The van der Waals surface area contributed by atoms with Crippen LogP contribution in [0.1, 0.15) is 38.2 Å². The van der Waals surface area contributed by atoms with E-state index < -0.39 is 10.0 Å². The molecule has 0 amide bonds. The van der Waals surface area contributed by atoms with Gasteiger partial charge >= 0.3 is 0 Å². The predicted molar refractivity (Wildman–Crippen MR) is 138 cm³/mol. The van der Waals surface area contributed by atoms with Crippen molar-refractivity contribution in [3.63, 3.8) is 0 Å². The van der Waals surface area contributed by atoms with Crippen molar-refractivity contribution >= 4 is 27.1 Å². The number of sulfonamides is 1. The molecule has 186 valence electrons. The third kappa shape index (κ3) is 6.16. The first-order valence-corrected chi connectivity index (χ1v) is 13.4. The number of benzene rings is 2. The maximum absolute atomic E-state index is 12.5. The summed E-state index contributed by atoms with van der Waals surface area (Å²) < 4.78 is 38.3. The number of aromatic amines is 1. The minimum Gasteiger partial charge on any atom is -0.493 e. The SMILES string of the molecule is CCS(=O)(=O)Nc1ccc(N(Cc2ccc[nH]c2=O)c2ccc(OC)c(OC3CCCC3)c2)cc1. The zero-order valence-electron chi connectivity index (χ0n) is 20.0. The monoisotopic (exact) mass is 497 g/mol. The number of ether oxygens (including phenoxy) is 2. The minimum atomic E-state index is -3.38. The van der Waals surface area contributed by atoms with Crippen molar-refractivity contribution in [2.45, 2.75) is 45.3 Å². The fourth-order valence-corrected chi connectivity index (χ4v) is 4.79. The molecule has 35 heavy (non-hydrogen) atoms. The Labute approximate surface area is 206 Å². The summed E-state index contributed by atoms with van der Waals surface area (Å²) in [6, 6.07) is 16.4. The van der Waals surface area contributed by atoms with Crippen LogP contribution >= 0.6 is 0 Å². The van der Waals surface area contributed by atoms with Crippen molar-refractivity contribution in [1.29, 1.82) is 0 Å². The van der Waals surface area contributed by atoms with Crippen LogP contribution in [0.4, 0.5) is 17.1 Å². The van der Waals surface area contributed by atoms with Crippen LogP contribution in [-0.4, -0.2) is 32.4 Å². The Morgan fingerprint density at radius 3 is 2.40 bits per heavy atom. The molecule has 0 radical (unpaired) electrons. The molecule has 0 atom stereocenters. The van der Waals surface area contributed by atoms with Gasteiger partial charge in [0.15, 0.2) is 11.5 Å². The first kappa shape index (κ1) is 24.7. The molecule has 1 heterocycles. The Morgan fingerprint density at radius 2 is 1.74 bits per heavy atom. The second kappa shape index (κ2) is 10.9. The summed E-state index contributed by atoms with van der Waals surface area (Å²) in [4.78, 5) is 17.2. The smallest absolute Gasteiger partial charge is 0.252 e. The Hall–Kier alpha value is -3.46. The summed E-state index contributed by atoms with van der Waals surface area (Å²) in [6.45, 7) is 1.90. The van der Waals surface area contributed by atoms with E-state index in [2.05, 4.69) is 9.71 Å². The molecule has 0 unspecified atom stereocenters. The number of hydrogen-bond acceptors (Lipinski definition) is 6. The molecule has 4 rings (SSSR count). The lowest BCUT2D eigenvalue weighted by molar-refractivity contribution is 0.201. The van der Waals surface area contributed by atoms with Crippen LogP contribution in [0.5, 0.6) is 11.5 Å². The normalized spacial score (nSPS) is 14.0. The maximum atomic E-state index is 12.5. The number of aromatic nitrogens is 1. The van der Waals surface area contributed by atoms with Crippen LogP contribution in [0, 0.1) is 0 Å². The van der Waals surface area contributed by atoms with E-state index in [9.17, 15) is 13.2 Å². The lowest BCUT2D eigenvalue weighted by Gasteiger charge is -2.26. The summed E-state index contributed by atoms with van der Waals surface area (Å²) in [5.41, 5.74) is 2.53. The molecule has 2 aromatic carbocycles. The molecular formula is C26H31N3O5S. The number of methoxy groups -OCH3 is 1. The summed E-state index contributed by atoms with van der Waals surface area (Å²) >= 11 is 0. The Balaban J connectivity index is 1.70. The van der Waals surface area contributed by atoms with E-state index in [1.807, 2.05) is 35.2 Å². The Kier molecular flexibility index (Phi) is 7.65. The van der Waals surface area contributed by atoms with Crippen molar-refractivity contribution in [2.24, 2.45) is 0 Å². The summed E-state index contributed by atoms with van der Waals surface area (Å²) in [7, 11) is -1.76. The van der Waals surface area contributed by atoms with Gasteiger partial charge in [-0.15, -0.1) is 0 Å². The van der Waals surface area contributed by atoms with Crippen molar-refractivity contribution in [3.05, 3.63) is 76.7 Å². The van der Waals surface area contributed by atoms with Gasteiger partial charge in [0.05, 0.1) is 25.5 Å². The van der Waals surface area contributed by atoms with E-state index in [0.29, 0.717) is 29.3 Å². The molecule has 1 aromatic heterocycles. The third-order valence-corrected chi connectivity index (χ3v) is 7.42. The van der Waals surface area contributed by atoms with Gasteiger partial charge in [-0.2, -0.15) is 0 Å². The van der Waals surface area contributed by atoms with Gasteiger partial charge in [-0.3, -0.25) is 9.52 Å². The molecule has 3 aromatic rings. The average molecular weight is 498 g/mol. The van der Waals surface area contributed by atoms with Gasteiger partial charge < -0.3 is 19.4 Å². The van der Waals surface area contributed by atoms with Crippen LogP contribution < -0.4 is 24.7 Å². The molecule has 1 aliphatic carbocycles. The van der Waals surface area contributed by atoms with Crippen LogP contribution in [0.15, 0.2) is 65.6 Å². The number of nitrogens with zero attached hydrogens (tertiary/aromatic N) is 1. The van der Waals surface area contributed by atoms with Gasteiger partial charge in [-0.05, 0) is 75.1 Å². The second-order valence-corrected chi connectivity index (χ2v) is 10.5. The van der Waals surface area contributed by atoms with Crippen molar-refractivity contribution in [3.8, 4) is 11.5 Å². The van der Waals surface area contributed by atoms with Gasteiger partial charge in [0, 0.05) is 34.9 Å². The quantitative estimate of drug-likeness (QED) is 0.417. The molecule has 8 nitrogen and oxygen atoms in total. The van der Waals surface area contributed by atoms with Crippen LogP contribution in [0.3, 0.4) is 0 Å². The summed E-state index contributed by atoms with van der Waals surface area (Å²) in [5.74, 6) is 1.31. The number of hydrogen-bond donors (Lipinski definition) is 2. The zero-order valence-corrected chi connectivity index (χ0v) is 20.8. The Bertz CT molecular complexity index is 1300. The maximum Gasteiger partial charge on any atom is 0.252 e. The highest BCUT2D eigenvalue weighted by Crippen LogP contribution is 2.38. The molecule has 1 saturated carbocycles. The third-order valence-electron chi connectivity index (χ3n) is 6.12. The molecule has 1 aliphatic rings. The van der Waals surface area contributed by atoms with Gasteiger partial charge in [0.25, 0.3) is 5.56 Å². The second-order valence-electron chi connectivity index (χ2n) is 8.52. The van der Waals surface area contributed by atoms with Crippen molar-refractivity contribution in [1.82, 2.24) is 4.98 Å². The highest BCUT2D eigenvalue weighted by atomic mass is 32.2. The molecule has 0 aliphatic heterocycles. The zero-order chi connectivity index (χ0) is 24.8. The minimum absolute atomic E-state index is 0.00667. The summed E-state index contributed by atoms with van der Waals surface area (Å²) in [6.07, 6.45) is 6.12. The topological polar surface area (TPSA) is 101 Å². The van der Waals surface area contributed by atoms with Gasteiger partial charge in [0.1, 0.15) is 0 Å². The first-order valence-electron chi connectivity index (χ1n) is 11.8. The number of H-pyrrole nitrogens is 1. The van der Waals surface area contributed by atoms with E-state index in [4.69, 9.17) is 9.47 Å².